The molecule has 0 aromatic heterocycles. The lowest BCUT2D eigenvalue weighted by Crippen LogP contribution is -2.48. The first-order chi connectivity index (χ1) is 7.96. The lowest BCUT2D eigenvalue weighted by Gasteiger charge is -2.32. The normalized spacial score (nSPS) is 23.2. The summed E-state index contributed by atoms with van der Waals surface area (Å²) in [6.45, 7) is 0. The molecular formula is C11H10F2O4. The average molecular weight is 244 g/mol. The van der Waals surface area contributed by atoms with Gasteiger partial charge in [-0.2, -0.15) is 0 Å². The van der Waals surface area contributed by atoms with E-state index in [2.05, 4.69) is 0 Å². The van der Waals surface area contributed by atoms with Crippen LogP contribution in [-0.2, 0) is 0 Å². The maximum absolute atomic E-state index is 12.6. The van der Waals surface area contributed by atoms with E-state index in [1.807, 2.05) is 0 Å². The van der Waals surface area contributed by atoms with Gasteiger partial charge in [0, 0.05) is 6.07 Å². The van der Waals surface area contributed by atoms with Crippen LogP contribution in [0, 0.1) is 0 Å². The molecule has 6 heteroatoms. The van der Waals surface area contributed by atoms with Gasteiger partial charge in [0.05, 0.1) is 19.1 Å². The number of carbonyl (C=O) groups is 1. The molecule has 92 valence electrons. The number of carbonyl (C=O) groups excluding carboxylic acids is 1. The van der Waals surface area contributed by atoms with Crippen LogP contribution >= 0.6 is 0 Å². The molecule has 1 aromatic carbocycles. The zero-order chi connectivity index (χ0) is 12.6. The molecule has 4 nitrogen and oxygen atoms in total. The average Bonchev–Trinajstić information content (AvgIpc) is 2.27. The van der Waals surface area contributed by atoms with Crippen molar-refractivity contribution < 1.29 is 28.2 Å². The van der Waals surface area contributed by atoms with E-state index in [4.69, 9.17) is 9.47 Å². The monoisotopic (exact) mass is 244 g/mol. The van der Waals surface area contributed by atoms with Crippen LogP contribution in [0.3, 0.4) is 0 Å². The molecule has 0 unspecified atom stereocenters. The van der Waals surface area contributed by atoms with Crippen molar-refractivity contribution in [3.63, 3.8) is 0 Å². The van der Waals surface area contributed by atoms with Crippen molar-refractivity contribution in [2.45, 2.75) is 18.6 Å². The van der Waals surface area contributed by atoms with E-state index < -0.39 is 24.4 Å². The van der Waals surface area contributed by atoms with E-state index in [0.29, 0.717) is 5.75 Å². The largest absolute Gasteiger partial charge is 0.497 e. The van der Waals surface area contributed by atoms with Gasteiger partial charge in [-0.15, -0.1) is 0 Å². The third kappa shape index (κ3) is 1.95. The molecule has 17 heavy (non-hydrogen) atoms. The molecule has 0 fully saturated rings. The van der Waals surface area contributed by atoms with Gasteiger partial charge in [-0.3, -0.25) is 4.79 Å². The van der Waals surface area contributed by atoms with Gasteiger partial charge in [-0.1, -0.05) is 0 Å². The van der Waals surface area contributed by atoms with E-state index in [-0.39, 0.29) is 11.3 Å². The fourth-order valence-electron chi connectivity index (χ4n) is 1.62. The van der Waals surface area contributed by atoms with Crippen molar-refractivity contribution in [3.8, 4) is 11.5 Å². The highest BCUT2D eigenvalue weighted by Gasteiger charge is 2.46. The van der Waals surface area contributed by atoms with Gasteiger partial charge in [-0.05, 0) is 12.1 Å². The Hall–Kier alpha value is -1.69. The fourth-order valence-corrected chi connectivity index (χ4v) is 1.62. The summed E-state index contributed by atoms with van der Waals surface area (Å²) in [5, 5.41) is 9.50. The second-order valence-electron chi connectivity index (χ2n) is 3.71. The highest BCUT2D eigenvalue weighted by molar-refractivity contribution is 6.00. The van der Waals surface area contributed by atoms with Crippen LogP contribution in [0.1, 0.15) is 16.8 Å². The summed E-state index contributed by atoms with van der Waals surface area (Å²) in [4.78, 5) is 11.6. The van der Waals surface area contributed by atoms with E-state index in [9.17, 15) is 18.7 Å². The number of fused-ring (bicyclic) bond motifs is 1. The predicted octanol–water partition coefficient (Wildman–Crippen LogP) is 1.61. The SMILES string of the molecule is COc1ccc2c(c1)O[C@@](O)(C(F)F)CC2=O. The Morgan fingerprint density at radius 2 is 2.24 bits per heavy atom. The first-order valence-corrected chi connectivity index (χ1v) is 4.87. The van der Waals surface area contributed by atoms with Crippen LogP contribution < -0.4 is 9.47 Å². The molecule has 0 bridgehead atoms. The summed E-state index contributed by atoms with van der Waals surface area (Å²) in [5.41, 5.74) is 0.163. The number of ketones is 1. The zero-order valence-electron chi connectivity index (χ0n) is 8.94. The van der Waals surface area contributed by atoms with E-state index in [0.717, 1.165) is 0 Å². The Labute approximate surface area is 95.8 Å². The standard InChI is InChI=1S/C11H10F2O4/c1-16-6-2-3-7-8(14)5-11(15,10(12)13)17-9(7)4-6/h2-4,10,15H,5H2,1H3/t11-/m1/s1. The summed E-state index contributed by atoms with van der Waals surface area (Å²) in [7, 11) is 1.39. The molecule has 1 aliphatic rings. The maximum Gasteiger partial charge on any atom is 0.302 e. The van der Waals surface area contributed by atoms with Crippen LogP contribution in [0.4, 0.5) is 8.78 Å². The number of aliphatic hydroxyl groups is 1. The maximum atomic E-state index is 12.6. The van der Waals surface area contributed by atoms with Gasteiger partial charge in [-0.25, -0.2) is 8.78 Å². The molecule has 1 heterocycles. The van der Waals surface area contributed by atoms with Crippen molar-refractivity contribution >= 4 is 5.78 Å². The highest BCUT2D eigenvalue weighted by Crippen LogP contribution is 2.37. The van der Waals surface area contributed by atoms with E-state index >= 15 is 0 Å². The Morgan fingerprint density at radius 1 is 1.53 bits per heavy atom. The Kier molecular flexibility index (Phi) is 2.74. The second kappa shape index (κ2) is 3.96. The molecule has 0 saturated heterocycles. The number of hydrogen-bond acceptors (Lipinski definition) is 4. The number of benzene rings is 1. The summed E-state index contributed by atoms with van der Waals surface area (Å²) < 4.78 is 34.9. The molecule has 1 aromatic rings. The van der Waals surface area contributed by atoms with Crippen LogP contribution in [0.25, 0.3) is 0 Å². The van der Waals surface area contributed by atoms with Crippen LogP contribution in [0.2, 0.25) is 0 Å². The summed E-state index contributed by atoms with van der Waals surface area (Å²) in [5.74, 6) is -3.08. The molecule has 0 aliphatic carbocycles. The number of ether oxygens (including phenoxy) is 2. The number of hydrogen-bond donors (Lipinski definition) is 1. The Morgan fingerprint density at radius 3 is 2.82 bits per heavy atom. The first kappa shape index (κ1) is 11.8. The molecule has 2 rings (SSSR count). The van der Waals surface area contributed by atoms with Gasteiger partial charge in [0.15, 0.2) is 5.78 Å². The number of halogens is 2. The van der Waals surface area contributed by atoms with Gasteiger partial charge in [0.25, 0.3) is 5.79 Å². The molecule has 0 amide bonds. The summed E-state index contributed by atoms with van der Waals surface area (Å²) in [6, 6.07) is 4.23. The third-order valence-electron chi connectivity index (χ3n) is 2.53. The molecule has 1 aliphatic heterocycles. The van der Waals surface area contributed by atoms with Gasteiger partial charge in [0.1, 0.15) is 11.5 Å². The molecular weight excluding hydrogens is 234 g/mol. The molecule has 0 spiro atoms. The van der Waals surface area contributed by atoms with Crippen molar-refractivity contribution in [1.82, 2.24) is 0 Å². The van der Waals surface area contributed by atoms with E-state index in [1.54, 1.807) is 0 Å². The number of alkyl halides is 2. The van der Waals surface area contributed by atoms with Crippen LogP contribution in [0.5, 0.6) is 11.5 Å². The molecule has 1 atom stereocenters. The third-order valence-corrected chi connectivity index (χ3v) is 2.53. The second-order valence-corrected chi connectivity index (χ2v) is 3.71. The van der Waals surface area contributed by atoms with Crippen molar-refractivity contribution in [3.05, 3.63) is 23.8 Å². The van der Waals surface area contributed by atoms with Crippen LogP contribution in [-0.4, -0.2) is 30.2 Å². The number of Topliss-reactive ketones (excluding diaryl/α,β-unsaturated/α-hetero) is 1. The van der Waals surface area contributed by atoms with Crippen molar-refractivity contribution in [1.29, 1.82) is 0 Å². The summed E-state index contributed by atoms with van der Waals surface area (Å²) in [6.07, 6.45) is -3.92. The molecule has 0 radical (unpaired) electrons. The minimum absolute atomic E-state index is 0.0941. The smallest absolute Gasteiger partial charge is 0.302 e. The van der Waals surface area contributed by atoms with E-state index in [1.165, 1.54) is 25.3 Å². The van der Waals surface area contributed by atoms with Gasteiger partial charge in [0.2, 0.25) is 0 Å². The Bertz CT molecular complexity index is 461. The molecule has 0 saturated carbocycles. The van der Waals surface area contributed by atoms with Gasteiger partial charge >= 0.3 is 6.43 Å². The predicted molar refractivity (Wildman–Crippen MR) is 53.5 cm³/mol. The van der Waals surface area contributed by atoms with Crippen LogP contribution in [0.15, 0.2) is 18.2 Å². The highest BCUT2D eigenvalue weighted by atomic mass is 19.3. The fraction of sp³-hybridized carbons (Fsp3) is 0.364. The topological polar surface area (TPSA) is 55.8 Å². The number of methoxy groups -OCH3 is 1. The number of rotatable bonds is 2. The quantitative estimate of drug-likeness (QED) is 0.858. The van der Waals surface area contributed by atoms with Gasteiger partial charge < -0.3 is 14.6 Å². The van der Waals surface area contributed by atoms with Crippen molar-refractivity contribution in [2.24, 2.45) is 0 Å². The summed E-state index contributed by atoms with van der Waals surface area (Å²) >= 11 is 0. The zero-order valence-corrected chi connectivity index (χ0v) is 8.94. The first-order valence-electron chi connectivity index (χ1n) is 4.87. The Balaban J connectivity index is 2.44. The minimum Gasteiger partial charge on any atom is -0.497 e. The van der Waals surface area contributed by atoms with Crippen molar-refractivity contribution in [2.75, 3.05) is 7.11 Å². The lowest BCUT2D eigenvalue weighted by molar-refractivity contribution is -0.220. The minimum atomic E-state index is -3.16. The lowest BCUT2D eigenvalue weighted by atomic mass is 9.98. The molecule has 1 N–H and O–H groups in total.